The minimum Gasteiger partial charge on any atom is -0.492 e. The zero-order valence-electron chi connectivity index (χ0n) is 15.6. The van der Waals surface area contributed by atoms with Gasteiger partial charge < -0.3 is 14.8 Å². The molecular formula is C19H24N2O5S. The maximum absolute atomic E-state index is 12.6. The van der Waals surface area contributed by atoms with Crippen LogP contribution in [-0.4, -0.2) is 40.3 Å². The quantitative estimate of drug-likeness (QED) is 0.709. The zero-order valence-corrected chi connectivity index (χ0v) is 16.5. The number of carbonyl (C=O) groups excluding carboxylic acids is 1. The van der Waals surface area contributed by atoms with E-state index >= 15 is 0 Å². The van der Waals surface area contributed by atoms with Crippen molar-refractivity contribution in [2.45, 2.75) is 13.8 Å². The lowest BCUT2D eigenvalue weighted by molar-refractivity contribution is -0.114. The summed E-state index contributed by atoms with van der Waals surface area (Å²) in [6.07, 6.45) is 1.05. The molecule has 0 aliphatic rings. The second kappa shape index (κ2) is 9.27. The van der Waals surface area contributed by atoms with Gasteiger partial charge in [-0.25, -0.2) is 8.42 Å². The van der Waals surface area contributed by atoms with Gasteiger partial charge in [0.05, 0.1) is 30.8 Å². The average molecular weight is 392 g/mol. The lowest BCUT2D eigenvalue weighted by Crippen LogP contribution is -2.37. The Labute approximate surface area is 160 Å². The van der Waals surface area contributed by atoms with Crippen LogP contribution in [0.15, 0.2) is 48.5 Å². The van der Waals surface area contributed by atoms with Crippen LogP contribution >= 0.6 is 0 Å². The van der Waals surface area contributed by atoms with Gasteiger partial charge in [0.15, 0.2) is 0 Å². The fourth-order valence-corrected chi connectivity index (χ4v) is 3.35. The summed E-state index contributed by atoms with van der Waals surface area (Å²) in [5, 5.41) is 2.71. The number of carbonyl (C=O) groups is 1. The summed E-state index contributed by atoms with van der Waals surface area (Å²) >= 11 is 0. The van der Waals surface area contributed by atoms with E-state index in [9.17, 15) is 13.2 Å². The summed E-state index contributed by atoms with van der Waals surface area (Å²) in [6.45, 7) is 4.09. The Morgan fingerprint density at radius 3 is 2.15 bits per heavy atom. The Morgan fingerprint density at radius 2 is 1.52 bits per heavy atom. The first-order valence-electron chi connectivity index (χ1n) is 8.58. The van der Waals surface area contributed by atoms with Crippen molar-refractivity contribution in [3.05, 3.63) is 48.5 Å². The Hall–Kier alpha value is -2.74. The molecule has 0 radical (unpaired) electrons. The molecule has 2 aromatic carbocycles. The topological polar surface area (TPSA) is 84.9 Å². The molecule has 27 heavy (non-hydrogen) atoms. The van der Waals surface area contributed by atoms with Gasteiger partial charge in [0.25, 0.3) is 0 Å². The predicted molar refractivity (Wildman–Crippen MR) is 106 cm³/mol. The summed E-state index contributed by atoms with van der Waals surface area (Å²) < 4.78 is 36.6. The highest BCUT2D eigenvalue weighted by Gasteiger charge is 2.24. The Bertz CT molecular complexity index is 883. The van der Waals surface area contributed by atoms with Crippen LogP contribution in [0.3, 0.4) is 0 Å². The van der Waals surface area contributed by atoms with E-state index in [2.05, 4.69) is 5.32 Å². The van der Waals surface area contributed by atoms with Crippen molar-refractivity contribution in [1.29, 1.82) is 0 Å². The molecule has 146 valence electrons. The number of rotatable bonds is 9. The normalized spacial score (nSPS) is 10.9. The standard InChI is InChI=1S/C19H24N2O5S/c1-4-25-17-12-8-6-10-15(17)20-19(22)14-21(27(3,23)24)16-11-7-9-13-18(16)26-5-2/h6-13H,4-5,14H2,1-3H3,(H,20,22). The number of amides is 1. The number of benzene rings is 2. The Balaban J connectivity index is 2.27. The second-order valence-electron chi connectivity index (χ2n) is 5.65. The van der Waals surface area contributed by atoms with E-state index in [0.717, 1.165) is 10.6 Å². The largest absolute Gasteiger partial charge is 0.492 e. The van der Waals surface area contributed by atoms with Crippen molar-refractivity contribution in [3.8, 4) is 11.5 Å². The van der Waals surface area contributed by atoms with E-state index in [0.29, 0.717) is 36.1 Å². The van der Waals surface area contributed by atoms with E-state index in [4.69, 9.17) is 9.47 Å². The highest BCUT2D eigenvalue weighted by molar-refractivity contribution is 7.92. The average Bonchev–Trinajstić information content (AvgIpc) is 2.62. The molecule has 0 atom stereocenters. The minimum atomic E-state index is -3.71. The molecule has 0 unspecified atom stereocenters. The number of hydrogen-bond donors (Lipinski definition) is 1. The number of nitrogens with zero attached hydrogens (tertiary/aromatic N) is 1. The summed E-state index contributed by atoms with van der Waals surface area (Å²) in [4.78, 5) is 12.6. The highest BCUT2D eigenvalue weighted by Crippen LogP contribution is 2.30. The molecular weight excluding hydrogens is 368 g/mol. The Morgan fingerprint density at radius 1 is 0.963 bits per heavy atom. The lowest BCUT2D eigenvalue weighted by atomic mass is 10.2. The molecule has 7 nitrogen and oxygen atoms in total. The monoisotopic (exact) mass is 392 g/mol. The van der Waals surface area contributed by atoms with Crippen LogP contribution in [0.5, 0.6) is 11.5 Å². The molecule has 0 aliphatic carbocycles. The third-order valence-corrected chi connectivity index (χ3v) is 4.71. The van der Waals surface area contributed by atoms with E-state index in [1.807, 2.05) is 6.92 Å². The summed E-state index contributed by atoms with van der Waals surface area (Å²) in [5.41, 5.74) is 0.797. The van der Waals surface area contributed by atoms with Crippen LogP contribution in [-0.2, 0) is 14.8 Å². The predicted octanol–water partition coefficient (Wildman–Crippen LogP) is 2.89. The van der Waals surface area contributed by atoms with Crippen LogP contribution in [0.4, 0.5) is 11.4 Å². The van der Waals surface area contributed by atoms with Gasteiger partial charge in [-0.3, -0.25) is 9.10 Å². The van der Waals surface area contributed by atoms with Gasteiger partial charge in [0, 0.05) is 0 Å². The number of sulfonamides is 1. The highest BCUT2D eigenvalue weighted by atomic mass is 32.2. The third kappa shape index (κ3) is 5.62. The van der Waals surface area contributed by atoms with Gasteiger partial charge in [0.2, 0.25) is 15.9 Å². The molecule has 0 fully saturated rings. The van der Waals surface area contributed by atoms with Crippen molar-refractivity contribution in [1.82, 2.24) is 0 Å². The molecule has 8 heteroatoms. The van der Waals surface area contributed by atoms with Crippen LogP contribution in [0.25, 0.3) is 0 Å². The number of anilines is 2. The molecule has 1 N–H and O–H groups in total. The maximum atomic E-state index is 12.6. The fourth-order valence-electron chi connectivity index (χ4n) is 2.49. The number of hydrogen-bond acceptors (Lipinski definition) is 5. The number of ether oxygens (including phenoxy) is 2. The van der Waals surface area contributed by atoms with E-state index in [-0.39, 0.29) is 6.54 Å². The van der Waals surface area contributed by atoms with Gasteiger partial charge >= 0.3 is 0 Å². The molecule has 0 saturated carbocycles. The molecule has 1 amide bonds. The summed E-state index contributed by atoms with van der Waals surface area (Å²) in [7, 11) is -3.71. The molecule has 2 aromatic rings. The third-order valence-electron chi connectivity index (χ3n) is 3.58. The van der Waals surface area contributed by atoms with Crippen LogP contribution in [0, 0.1) is 0 Å². The summed E-state index contributed by atoms with van der Waals surface area (Å²) in [6, 6.07) is 13.7. The second-order valence-corrected chi connectivity index (χ2v) is 7.55. The molecule has 0 spiro atoms. The SMILES string of the molecule is CCOc1ccccc1NC(=O)CN(c1ccccc1OCC)S(C)(=O)=O. The fraction of sp³-hybridized carbons (Fsp3) is 0.316. The van der Waals surface area contributed by atoms with Crippen LogP contribution in [0.1, 0.15) is 13.8 Å². The van der Waals surface area contributed by atoms with Crippen molar-refractivity contribution >= 4 is 27.3 Å². The maximum Gasteiger partial charge on any atom is 0.245 e. The first-order chi connectivity index (χ1) is 12.9. The van der Waals surface area contributed by atoms with Crippen LogP contribution < -0.4 is 19.1 Å². The molecule has 0 heterocycles. The molecule has 0 aliphatic heterocycles. The van der Waals surface area contributed by atoms with Gasteiger partial charge in [-0.2, -0.15) is 0 Å². The first-order valence-corrected chi connectivity index (χ1v) is 10.4. The molecule has 0 aromatic heterocycles. The Kier molecular flexibility index (Phi) is 7.06. The van der Waals surface area contributed by atoms with E-state index in [1.54, 1.807) is 55.5 Å². The smallest absolute Gasteiger partial charge is 0.245 e. The molecule has 2 rings (SSSR count). The number of para-hydroxylation sites is 4. The van der Waals surface area contributed by atoms with Crippen molar-refractivity contribution in [2.24, 2.45) is 0 Å². The van der Waals surface area contributed by atoms with Gasteiger partial charge in [0.1, 0.15) is 18.0 Å². The van der Waals surface area contributed by atoms with Gasteiger partial charge in [-0.15, -0.1) is 0 Å². The van der Waals surface area contributed by atoms with Crippen molar-refractivity contribution in [3.63, 3.8) is 0 Å². The number of nitrogens with one attached hydrogen (secondary N) is 1. The summed E-state index contributed by atoms with van der Waals surface area (Å²) in [5.74, 6) is 0.431. The molecule has 0 bridgehead atoms. The van der Waals surface area contributed by atoms with Crippen molar-refractivity contribution in [2.75, 3.05) is 35.6 Å². The van der Waals surface area contributed by atoms with Gasteiger partial charge in [-0.1, -0.05) is 24.3 Å². The molecule has 0 saturated heterocycles. The zero-order chi connectivity index (χ0) is 19.9. The lowest BCUT2D eigenvalue weighted by Gasteiger charge is -2.24. The van der Waals surface area contributed by atoms with Crippen LogP contribution in [0.2, 0.25) is 0 Å². The minimum absolute atomic E-state index is 0.315. The van der Waals surface area contributed by atoms with E-state index in [1.165, 1.54) is 0 Å². The van der Waals surface area contributed by atoms with E-state index < -0.39 is 15.9 Å². The van der Waals surface area contributed by atoms with Gasteiger partial charge in [-0.05, 0) is 38.1 Å². The first kappa shape index (κ1) is 20.6. The van der Waals surface area contributed by atoms with Crippen molar-refractivity contribution < 1.29 is 22.7 Å².